The minimum absolute atomic E-state index is 0.104. The summed E-state index contributed by atoms with van der Waals surface area (Å²) in [7, 11) is 0. The molecule has 1 amide bonds. The van der Waals surface area contributed by atoms with Gasteiger partial charge in [0, 0.05) is 25.1 Å². The zero-order valence-electron chi connectivity index (χ0n) is 16.3. The molecular formula is C20H31N3O2. The monoisotopic (exact) mass is 345 g/mol. The summed E-state index contributed by atoms with van der Waals surface area (Å²) in [5.74, 6) is 0.975. The van der Waals surface area contributed by atoms with Gasteiger partial charge in [0.1, 0.15) is 12.4 Å². The number of amides is 1. The van der Waals surface area contributed by atoms with Crippen molar-refractivity contribution in [3.05, 3.63) is 29.1 Å². The van der Waals surface area contributed by atoms with Crippen LogP contribution in [0.2, 0.25) is 0 Å². The van der Waals surface area contributed by atoms with Crippen LogP contribution in [0, 0.1) is 13.8 Å². The summed E-state index contributed by atoms with van der Waals surface area (Å²) in [6, 6.07) is 4.51. The topological polar surface area (TPSA) is 58.4 Å². The smallest absolute Gasteiger partial charge is 0.243 e. The molecule has 0 radical (unpaired) electrons. The van der Waals surface area contributed by atoms with E-state index in [1.165, 1.54) is 11.1 Å². The molecule has 2 aromatic rings. The molecule has 1 heterocycles. The molecule has 0 aliphatic rings. The summed E-state index contributed by atoms with van der Waals surface area (Å²) in [4.78, 5) is 19.6. The minimum atomic E-state index is 0.104. The number of aryl methyl sites for hydroxylation is 3. The number of nitrogens with zero attached hydrogens (tertiary/aromatic N) is 3. The van der Waals surface area contributed by atoms with Gasteiger partial charge in [0.2, 0.25) is 5.91 Å². The molecule has 0 spiro atoms. The molecule has 0 bridgehead atoms. The number of aliphatic hydroxyl groups excluding tert-OH is 1. The first kappa shape index (κ1) is 19.4. The van der Waals surface area contributed by atoms with E-state index in [2.05, 4.69) is 26.0 Å². The number of carbonyl (C=O) groups is 1. The van der Waals surface area contributed by atoms with Crippen molar-refractivity contribution in [2.75, 3.05) is 6.61 Å². The van der Waals surface area contributed by atoms with Gasteiger partial charge in [0.05, 0.1) is 11.0 Å². The molecule has 25 heavy (non-hydrogen) atoms. The van der Waals surface area contributed by atoms with Crippen molar-refractivity contribution < 1.29 is 9.90 Å². The highest BCUT2D eigenvalue weighted by Crippen LogP contribution is 2.22. The maximum absolute atomic E-state index is 12.9. The molecular weight excluding hydrogens is 314 g/mol. The van der Waals surface area contributed by atoms with E-state index in [0.717, 1.165) is 16.9 Å². The summed E-state index contributed by atoms with van der Waals surface area (Å²) in [6.07, 6.45) is 1.31. The van der Waals surface area contributed by atoms with Crippen molar-refractivity contribution in [3.8, 4) is 0 Å². The predicted octanol–water partition coefficient (Wildman–Crippen LogP) is 3.22. The predicted molar refractivity (Wildman–Crippen MR) is 102 cm³/mol. The second kappa shape index (κ2) is 8.00. The lowest BCUT2D eigenvalue weighted by Crippen LogP contribution is -2.43. The van der Waals surface area contributed by atoms with E-state index in [1.807, 2.05) is 37.2 Å². The molecule has 0 unspecified atom stereocenters. The zero-order valence-corrected chi connectivity index (χ0v) is 16.3. The third kappa shape index (κ3) is 4.21. The zero-order chi connectivity index (χ0) is 18.7. The van der Waals surface area contributed by atoms with Crippen LogP contribution in [0.5, 0.6) is 0 Å². The lowest BCUT2D eigenvalue weighted by molar-refractivity contribution is -0.135. The fourth-order valence-electron chi connectivity index (χ4n) is 3.42. The first-order chi connectivity index (χ1) is 11.8. The Morgan fingerprint density at radius 3 is 2.32 bits per heavy atom. The highest BCUT2D eigenvalue weighted by molar-refractivity contribution is 5.82. The van der Waals surface area contributed by atoms with Crippen molar-refractivity contribution in [2.45, 2.75) is 73.0 Å². The number of aromatic nitrogens is 2. The van der Waals surface area contributed by atoms with Gasteiger partial charge in [-0.15, -0.1) is 0 Å². The van der Waals surface area contributed by atoms with Crippen LogP contribution in [0.15, 0.2) is 12.1 Å². The van der Waals surface area contributed by atoms with Crippen LogP contribution in [0.1, 0.15) is 51.1 Å². The molecule has 2 rings (SSSR count). The number of rotatable bonds is 7. The number of fused-ring (bicyclic) bond motifs is 1. The molecule has 0 aliphatic heterocycles. The highest BCUT2D eigenvalue weighted by atomic mass is 16.3. The van der Waals surface area contributed by atoms with E-state index in [1.54, 1.807) is 0 Å². The molecule has 5 nitrogen and oxygen atoms in total. The molecule has 1 N–H and O–H groups in total. The van der Waals surface area contributed by atoms with E-state index < -0.39 is 0 Å². The third-order valence-electron chi connectivity index (χ3n) is 4.70. The number of benzene rings is 1. The lowest BCUT2D eigenvalue weighted by atomic mass is 10.1. The average molecular weight is 345 g/mol. The van der Waals surface area contributed by atoms with Crippen molar-refractivity contribution >= 4 is 16.9 Å². The van der Waals surface area contributed by atoms with Gasteiger partial charge in [0.15, 0.2) is 0 Å². The molecule has 0 saturated heterocycles. The highest BCUT2D eigenvalue weighted by Gasteiger charge is 2.22. The second-order valence-corrected chi connectivity index (χ2v) is 7.36. The normalized spacial score (nSPS) is 11.7. The standard InChI is InChI=1S/C20H31N3O2/c1-13(2)23(14(3)4)20(25)12-22-18-11-16(6)15(5)10-17(18)21-19(22)8-7-9-24/h10-11,13-14,24H,7-9,12H2,1-6H3. The van der Waals surface area contributed by atoms with Gasteiger partial charge in [0.25, 0.3) is 0 Å². The average Bonchev–Trinajstić information content (AvgIpc) is 2.82. The Balaban J connectivity index is 2.46. The Labute approximate surface area is 150 Å². The van der Waals surface area contributed by atoms with Gasteiger partial charge in [-0.05, 0) is 71.2 Å². The molecule has 0 saturated carbocycles. The van der Waals surface area contributed by atoms with Crippen LogP contribution in [-0.2, 0) is 17.8 Å². The van der Waals surface area contributed by atoms with E-state index in [9.17, 15) is 9.90 Å². The number of hydrogen-bond acceptors (Lipinski definition) is 3. The Bertz CT molecular complexity index is 739. The minimum Gasteiger partial charge on any atom is -0.396 e. The summed E-state index contributed by atoms with van der Waals surface area (Å²) >= 11 is 0. The Hall–Kier alpha value is -1.88. The largest absolute Gasteiger partial charge is 0.396 e. The van der Waals surface area contributed by atoms with E-state index in [-0.39, 0.29) is 31.1 Å². The molecule has 5 heteroatoms. The first-order valence-electron chi connectivity index (χ1n) is 9.14. The van der Waals surface area contributed by atoms with Gasteiger partial charge < -0.3 is 14.6 Å². The number of imidazole rings is 1. The van der Waals surface area contributed by atoms with Gasteiger partial charge >= 0.3 is 0 Å². The lowest BCUT2D eigenvalue weighted by Gasteiger charge is -2.31. The number of carbonyl (C=O) groups excluding carboxylic acids is 1. The van der Waals surface area contributed by atoms with Crippen LogP contribution in [0.3, 0.4) is 0 Å². The van der Waals surface area contributed by atoms with Crippen molar-refractivity contribution in [1.29, 1.82) is 0 Å². The molecule has 138 valence electrons. The fourth-order valence-corrected chi connectivity index (χ4v) is 3.42. The van der Waals surface area contributed by atoms with Crippen molar-refractivity contribution in [3.63, 3.8) is 0 Å². The molecule has 1 aromatic heterocycles. The quantitative estimate of drug-likeness (QED) is 0.838. The maximum atomic E-state index is 12.9. The third-order valence-corrected chi connectivity index (χ3v) is 4.70. The first-order valence-corrected chi connectivity index (χ1v) is 9.14. The van der Waals surface area contributed by atoms with E-state index in [4.69, 9.17) is 4.98 Å². The Kier molecular flexibility index (Phi) is 6.22. The van der Waals surface area contributed by atoms with E-state index >= 15 is 0 Å². The van der Waals surface area contributed by atoms with E-state index in [0.29, 0.717) is 12.8 Å². The molecule has 0 fully saturated rings. The van der Waals surface area contributed by atoms with Gasteiger partial charge in [-0.25, -0.2) is 4.98 Å². The van der Waals surface area contributed by atoms with Crippen LogP contribution in [-0.4, -0.2) is 44.2 Å². The number of aliphatic hydroxyl groups is 1. The van der Waals surface area contributed by atoms with Gasteiger partial charge in [-0.2, -0.15) is 0 Å². The van der Waals surface area contributed by atoms with Crippen LogP contribution >= 0.6 is 0 Å². The fraction of sp³-hybridized carbons (Fsp3) is 0.600. The number of hydrogen-bond donors (Lipinski definition) is 1. The Morgan fingerprint density at radius 2 is 1.76 bits per heavy atom. The van der Waals surface area contributed by atoms with Gasteiger partial charge in [-0.1, -0.05) is 0 Å². The van der Waals surface area contributed by atoms with Crippen LogP contribution in [0.25, 0.3) is 11.0 Å². The van der Waals surface area contributed by atoms with Crippen molar-refractivity contribution in [2.24, 2.45) is 0 Å². The van der Waals surface area contributed by atoms with Crippen LogP contribution < -0.4 is 0 Å². The SMILES string of the molecule is Cc1cc2nc(CCCO)n(CC(=O)N(C(C)C)C(C)C)c2cc1C. The van der Waals surface area contributed by atoms with Crippen LogP contribution in [0.4, 0.5) is 0 Å². The molecule has 1 aromatic carbocycles. The summed E-state index contributed by atoms with van der Waals surface area (Å²) in [5, 5.41) is 9.19. The summed E-state index contributed by atoms with van der Waals surface area (Å²) in [6.45, 7) is 12.7. The summed E-state index contributed by atoms with van der Waals surface area (Å²) < 4.78 is 2.03. The molecule has 0 atom stereocenters. The van der Waals surface area contributed by atoms with Crippen molar-refractivity contribution in [1.82, 2.24) is 14.5 Å². The maximum Gasteiger partial charge on any atom is 0.243 e. The second-order valence-electron chi connectivity index (χ2n) is 7.36. The molecule has 0 aliphatic carbocycles. The summed E-state index contributed by atoms with van der Waals surface area (Å²) in [5.41, 5.74) is 4.31. The Morgan fingerprint density at radius 1 is 1.16 bits per heavy atom. The van der Waals surface area contributed by atoms with Gasteiger partial charge in [-0.3, -0.25) is 4.79 Å².